The van der Waals surface area contributed by atoms with Crippen LogP contribution in [0.2, 0.25) is 0 Å². The Morgan fingerprint density at radius 3 is 2.50 bits per heavy atom. The summed E-state index contributed by atoms with van der Waals surface area (Å²) in [5, 5.41) is 12.8. The van der Waals surface area contributed by atoms with E-state index in [9.17, 15) is 10.1 Å². The molecule has 0 saturated carbocycles. The summed E-state index contributed by atoms with van der Waals surface area (Å²) in [4.78, 5) is 24.5. The van der Waals surface area contributed by atoms with Gasteiger partial charge in [0.15, 0.2) is 11.7 Å². The van der Waals surface area contributed by atoms with Crippen LogP contribution in [0.4, 0.5) is 5.82 Å². The van der Waals surface area contributed by atoms with E-state index in [1.807, 2.05) is 38.1 Å². The maximum Gasteiger partial charge on any atom is 0.243 e. The average molecular weight is 410 g/mol. The molecule has 7 heteroatoms. The van der Waals surface area contributed by atoms with E-state index in [1.165, 1.54) is 0 Å². The molecule has 0 radical (unpaired) electrons. The van der Waals surface area contributed by atoms with E-state index in [0.29, 0.717) is 36.7 Å². The van der Waals surface area contributed by atoms with Crippen molar-refractivity contribution >= 4 is 22.8 Å². The number of nitrogens with one attached hydrogen (secondary N) is 1. The average Bonchev–Trinajstić information content (AvgIpc) is 2.73. The first-order chi connectivity index (χ1) is 14.5. The molecule has 0 spiro atoms. The van der Waals surface area contributed by atoms with Gasteiger partial charge in [-0.25, -0.2) is 9.97 Å². The number of rotatable bonds is 8. The monoisotopic (exact) mass is 409 g/mol. The smallest absolute Gasteiger partial charge is 0.243 e. The molecule has 0 aliphatic carbocycles. The van der Waals surface area contributed by atoms with Crippen LogP contribution in [0.5, 0.6) is 0 Å². The Labute approximate surface area is 178 Å². The molecule has 0 bridgehead atoms. The quantitative estimate of drug-likeness (QED) is 0.671. The number of unbranched alkanes of at least 4 members (excludes halogenated alkanes) is 3. The highest BCUT2D eigenvalue weighted by molar-refractivity contribution is 5.88. The number of para-hydroxylation sites is 2. The highest BCUT2D eigenvalue weighted by Crippen LogP contribution is 2.29. The fourth-order valence-corrected chi connectivity index (χ4v) is 3.89. The number of benzene rings is 1. The third-order valence-corrected chi connectivity index (χ3v) is 5.29. The van der Waals surface area contributed by atoms with E-state index >= 15 is 0 Å². The number of morpholine rings is 1. The number of nitrogens with zero attached hydrogens (tertiary/aromatic N) is 4. The van der Waals surface area contributed by atoms with Crippen LogP contribution in [0.3, 0.4) is 0 Å². The molecular weight excluding hydrogens is 378 g/mol. The van der Waals surface area contributed by atoms with Gasteiger partial charge in [-0.15, -0.1) is 0 Å². The van der Waals surface area contributed by atoms with E-state index < -0.39 is 5.92 Å². The van der Waals surface area contributed by atoms with Crippen LogP contribution >= 0.6 is 0 Å². The summed E-state index contributed by atoms with van der Waals surface area (Å²) >= 11 is 0. The Morgan fingerprint density at radius 1 is 1.20 bits per heavy atom. The fourth-order valence-electron chi connectivity index (χ4n) is 3.89. The third-order valence-electron chi connectivity index (χ3n) is 5.29. The first-order valence-corrected chi connectivity index (χ1v) is 10.9. The highest BCUT2D eigenvalue weighted by atomic mass is 16.5. The van der Waals surface area contributed by atoms with Gasteiger partial charge in [-0.3, -0.25) is 4.79 Å². The van der Waals surface area contributed by atoms with E-state index in [-0.39, 0.29) is 18.1 Å². The molecule has 1 aliphatic rings. The van der Waals surface area contributed by atoms with Crippen molar-refractivity contribution in [2.45, 2.75) is 64.6 Å². The van der Waals surface area contributed by atoms with Crippen molar-refractivity contribution in [2.24, 2.45) is 0 Å². The van der Waals surface area contributed by atoms with Crippen molar-refractivity contribution < 1.29 is 9.53 Å². The van der Waals surface area contributed by atoms with Crippen molar-refractivity contribution in [1.29, 1.82) is 5.26 Å². The van der Waals surface area contributed by atoms with Crippen molar-refractivity contribution in [2.75, 3.05) is 24.5 Å². The molecule has 3 atom stereocenters. The number of aromatic nitrogens is 2. The van der Waals surface area contributed by atoms with Gasteiger partial charge in [0.25, 0.3) is 0 Å². The number of carbonyl (C=O) groups excluding carboxylic acids is 1. The lowest BCUT2D eigenvalue weighted by Gasteiger charge is -2.37. The Morgan fingerprint density at radius 2 is 1.87 bits per heavy atom. The number of nitriles is 1. The number of fused-ring (bicyclic) bond motifs is 1. The van der Waals surface area contributed by atoms with E-state index in [4.69, 9.17) is 14.7 Å². The van der Waals surface area contributed by atoms with Gasteiger partial charge in [-0.2, -0.15) is 5.26 Å². The van der Waals surface area contributed by atoms with E-state index in [2.05, 4.69) is 23.2 Å². The predicted octanol–water partition coefficient (Wildman–Crippen LogP) is 3.55. The summed E-state index contributed by atoms with van der Waals surface area (Å²) < 4.78 is 5.85. The minimum absolute atomic E-state index is 0.0304. The molecule has 2 aromatic rings. The fraction of sp³-hybridized carbons (Fsp3) is 0.565. The second-order valence-corrected chi connectivity index (χ2v) is 8.00. The lowest BCUT2D eigenvalue weighted by molar-refractivity contribution is -0.121. The van der Waals surface area contributed by atoms with Gasteiger partial charge in [-0.05, 0) is 32.4 Å². The summed E-state index contributed by atoms with van der Waals surface area (Å²) in [7, 11) is 0. The molecule has 7 nitrogen and oxygen atoms in total. The number of ether oxygens (including phenoxy) is 1. The Hall–Kier alpha value is -2.72. The molecule has 1 aromatic heterocycles. The standard InChI is InChI=1S/C23H31N5O2/c1-4-5-6-9-12-25-23(29)18(13-24)21-22(28-14-16(2)30-17(3)15-28)27-20-11-8-7-10-19(20)26-21/h7-8,10-11,16-18H,4-6,9,12,14-15H2,1-3H3,(H,25,29)/t16-,17+,18-/m1/s1. The van der Waals surface area contributed by atoms with Gasteiger partial charge < -0.3 is 15.0 Å². The predicted molar refractivity (Wildman–Crippen MR) is 117 cm³/mol. The van der Waals surface area contributed by atoms with Crippen LogP contribution in [0.1, 0.15) is 58.1 Å². The summed E-state index contributed by atoms with van der Waals surface area (Å²) in [6.45, 7) is 8.03. The molecule has 160 valence electrons. The van der Waals surface area contributed by atoms with Crippen LogP contribution in [-0.2, 0) is 9.53 Å². The number of anilines is 1. The number of hydrogen-bond donors (Lipinski definition) is 1. The van der Waals surface area contributed by atoms with E-state index in [0.717, 1.165) is 31.2 Å². The minimum atomic E-state index is -1.00. The third kappa shape index (κ3) is 5.25. The number of carbonyl (C=O) groups is 1. The topological polar surface area (TPSA) is 91.1 Å². The first kappa shape index (κ1) is 22.0. The number of hydrogen-bond acceptors (Lipinski definition) is 6. The maximum atomic E-state index is 12.9. The molecule has 1 N–H and O–H groups in total. The van der Waals surface area contributed by atoms with Gasteiger partial charge in [0.2, 0.25) is 5.91 Å². The molecule has 1 amide bonds. The zero-order valence-electron chi connectivity index (χ0n) is 18.1. The largest absolute Gasteiger partial charge is 0.372 e. The van der Waals surface area contributed by atoms with Crippen molar-refractivity contribution in [3.8, 4) is 6.07 Å². The summed E-state index contributed by atoms with van der Waals surface area (Å²) in [6, 6.07) is 9.72. The van der Waals surface area contributed by atoms with Crippen molar-refractivity contribution in [3.63, 3.8) is 0 Å². The molecule has 1 saturated heterocycles. The molecule has 30 heavy (non-hydrogen) atoms. The zero-order valence-corrected chi connectivity index (χ0v) is 18.1. The van der Waals surface area contributed by atoms with Crippen LogP contribution in [-0.4, -0.2) is 47.7 Å². The molecule has 0 unspecified atom stereocenters. The van der Waals surface area contributed by atoms with Crippen LogP contribution < -0.4 is 10.2 Å². The summed E-state index contributed by atoms with van der Waals surface area (Å²) in [5.74, 6) is -0.714. The van der Waals surface area contributed by atoms with Crippen LogP contribution in [0.25, 0.3) is 11.0 Å². The van der Waals surface area contributed by atoms with Crippen molar-refractivity contribution in [3.05, 3.63) is 30.0 Å². The second-order valence-electron chi connectivity index (χ2n) is 8.00. The summed E-state index contributed by atoms with van der Waals surface area (Å²) in [5.41, 5.74) is 1.85. The molecule has 2 heterocycles. The molecule has 1 aliphatic heterocycles. The number of amides is 1. The Kier molecular flexibility index (Phi) is 7.58. The normalized spacial score (nSPS) is 20.0. The van der Waals surface area contributed by atoms with E-state index in [1.54, 1.807) is 0 Å². The van der Waals surface area contributed by atoms with Crippen molar-refractivity contribution in [1.82, 2.24) is 15.3 Å². The van der Waals surface area contributed by atoms with Crippen LogP contribution in [0, 0.1) is 11.3 Å². The highest BCUT2D eigenvalue weighted by Gasteiger charge is 2.31. The maximum absolute atomic E-state index is 12.9. The molecule has 3 rings (SSSR count). The molecule has 1 fully saturated rings. The minimum Gasteiger partial charge on any atom is -0.372 e. The molecule has 1 aromatic carbocycles. The summed E-state index contributed by atoms with van der Waals surface area (Å²) in [6.07, 6.45) is 4.32. The SMILES string of the molecule is CCCCCCNC(=O)[C@H](C#N)c1nc2ccccc2nc1N1C[C@@H](C)O[C@@H](C)C1. The van der Waals surface area contributed by atoms with Crippen LogP contribution in [0.15, 0.2) is 24.3 Å². The van der Waals surface area contributed by atoms with Gasteiger partial charge in [0, 0.05) is 19.6 Å². The van der Waals surface area contributed by atoms with Gasteiger partial charge in [0.05, 0.1) is 29.3 Å². The lowest BCUT2D eigenvalue weighted by atomic mass is 10.0. The zero-order chi connectivity index (χ0) is 21.5. The second kappa shape index (κ2) is 10.4. The van der Waals surface area contributed by atoms with Gasteiger partial charge in [-0.1, -0.05) is 38.3 Å². The Bertz CT molecular complexity index is 900. The van der Waals surface area contributed by atoms with Gasteiger partial charge in [0.1, 0.15) is 5.69 Å². The molecular formula is C23H31N5O2. The lowest BCUT2D eigenvalue weighted by Crippen LogP contribution is -2.46. The first-order valence-electron chi connectivity index (χ1n) is 10.9. The van der Waals surface area contributed by atoms with Gasteiger partial charge >= 0.3 is 0 Å². The Balaban J connectivity index is 1.91.